The number of rotatable bonds is 4. The lowest BCUT2D eigenvalue weighted by molar-refractivity contribution is 0.633. The molecule has 3 N–H and O–H groups in total. The summed E-state index contributed by atoms with van der Waals surface area (Å²) in [6.07, 6.45) is 0.887. The van der Waals surface area contributed by atoms with Gasteiger partial charge in [0.25, 0.3) is 0 Å². The first-order valence-corrected chi connectivity index (χ1v) is 6.00. The SMILES string of the molecule is Cc1cccc(CCNc2cccc(F)c2N)c1. The number of halogens is 1. The van der Waals surface area contributed by atoms with Gasteiger partial charge in [-0.1, -0.05) is 35.9 Å². The molecule has 0 heterocycles. The zero-order valence-electron chi connectivity index (χ0n) is 10.4. The van der Waals surface area contributed by atoms with Crippen molar-refractivity contribution in [2.75, 3.05) is 17.6 Å². The quantitative estimate of drug-likeness (QED) is 0.809. The molecule has 0 bridgehead atoms. The average Bonchev–Trinajstić information content (AvgIpc) is 2.35. The van der Waals surface area contributed by atoms with Crippen molar-refractivity contribution in [1.29, 1.82) is 0 Å². The van der Waals surface area contributed by atoms with Gasteiger partial charge in [0.15, 0.2) is 0 Å². The van der Waals surface area contributed by atoms with Gasteiger partial charge in [0.05, 0.1) is 11.4 Å². The predicted molar refractivity (Wildman–Crippen MR) is 74.2 cm³/mol. The molecule has 0 spiro atoms. The first kappa shape index (κ1) is 12.4. The highest BCUT2D eigenvalue weighted by Crippen LogP contribution is 2.20. The van der Waals surface area contributed by atoms with E-state index in [4.69, 9.17) is 5.73 Å². The van der Waals surface area contributed by atoms with Crippen LogP contribution in [0.2, 0.25) is 0 Å². The van der Waals surface area contributed by atoms with Crippen LogP contribution in [0.15, 0.2) is 42.5 Å². The predicted octanol–water partition coefficient (Wildman–Crippen LogP) is 3.37. The van der Waals surface area contributed by atoms with Gasteiger partial charge in [0.2, 0.25) is 0 Å². The lowest BCUT2D eigenvalue weighted by Gasteiger charge is -2.10. The highest BCUT2D eigenvalue weighted by Gasteiger charge is 2.03. The van der Waals surface area contributed by atoms with E-state index in [-0.39, 0.29) is 11.5 Å². The van der Waals surface area contributed by atoms with E-state index in [2.05, 4.69) is 30.4 Å². The van der Waals surface area contributed by atoms with E-state index >= 15 is 0 Å². The summed E-state index contributed by atoms with van der Waals surface area (Å²) in [5.41, 5.74) is 9.00. The normalized spacial score (nSPS) is 10.3. The van der Waals surface area contributed by atoms with Gasteiger partial charge in [0, 0.05) is 6.54 Å². The highest BCUT2D eigenvalue weighted by atomic mass is 19.1. The van der Waals surface area contributed by atoms with Crippen molar-refractivity contribution in [1.82, 2.24) is 0 Å². The van der Waals surface area contributed by atoms with Crippen LogP contribution in [0.25, 0.3) is 0 Å². The number of hydrogen-bond acceptors (Lipinski definition) is 2. The van der Waals surface area contributed by atoms with Crippen LogP contribution in [0.1, 0.15) is 11.1 Å². The zero-order chi connectivity index (χ0) is 13.0. The lowest BCUT2D eigenvalue weighted by Crippen LogP contribution is -2.07. The molecule has 0 aliphatic rings. The Hall–Kier alpha value is -2.03. The van der Waals surface area contributed by atoms with E-state index in [0.717, 1.165) is 13.0 Å². The first-order valence-electron chi connectivity index (χ1n) is 6.00. The van der Waals surface area contributed by atoms with Crippen molar-refractivity contribution < 1.29 is 4.39 Å². The molecule has 0 atom stereocenters. The zero-order valence-corrected chi connectivity index (χ0v) is 10.4. The van der Waals surface area contributed by atoms with Gasteiger partial charge >= 0.3 is 0 Å². The molecule has 2 aromatic carbocycles. The summed E-state index contributed by atoms with van der Waals surface area (Å²) in [5.74, 6) is -0.379. The van der Waals surface area contributed by atoms with E-state index in [0.29, 0.717) is 5.69 Å². The second kappa shape index (κ2) is 5.54. The molecular formula is C15H17FN2. The number of hydrogen-bond donors (Lipinski definition) is 2. The molecular weight excluding hydrogens is 227 g/mol. The van der Waals surface area contributed by atoms with Crippen molar-refractivity contribution in [3.8, 4) is 0 Å². The molecule has 2 nitrogen and oxygen atoms in total. The van der Waals surface area contributed by atoms with E-state index in [1.165, 1.54) is 17.2 Å². The second-order valence-electron chi connectivity index (χ2n) is 4.37. The fourth-order valence-corrected chi connectivity index (χ4v) is 1.90. The third kappa shape index (κ3) is 3.00. The molecule has 2 aromatic rings. The van der Waals surface area contributed by atoms with Gasteiger partial charge in [-0.2, -0.15) is 0 Å². The molecule has 0 amide bonds. The summed E-state index contributed by atoms with van der Waals surface area (Å²) in [6.45, 7) is 2.80. The number of nitrogens with one attached hydrogen (secondary N) is 1. The number of anilines is 2. The van der Waals surface area contributed by atoms with Crippen molar-refractivity contribution in [2.24, 2.45) is 0 Å². The monoisotopic (exact) mass is 244 g/mol. The van der Waals surface area contributed by atoms with Crippen molar-refractivity contribution >= 4 is 11.4 Å². The number of benzene rings is 2. The molecule has 0 radical (unpaired) electrons. The Morgan fingerprint density at radius 2 is 1.94 bits per heavy atom. The van der Waals surface area contributed by atoms with E-state index < -0.39 is 0 Å². The molecule has 0 aliphatic carbocycles. The van der Waals surface area contributed by atoms with Crippen LogP contribution in [0.3, 0.4) is 0 Å². The summed E-state index contributed by atoms with van der Waals surface area (Å²) in [6, 6.07) is 13.2. The number of aryl methyl sites for hydroxylation is 1. The van der Waals surface area contributed by atoms with Gasteiger partial charge in [-0.15, -0.1) is 0 Å². The minimum atomic E-state index is -0.379. The Morgan fingerprint density at radius 3 is 2.72 bits per heavy atom. The fourth-order valence-electron chi connectivity index (χ4n) is 1.90. The van der Waals surface area contributed by atoms with Crippen molar-refractivity contribution in [3.63, 3.8) is 0 Å². The Bertz CT molecular complexity index is 538. The van der Waals surface area contributed by atoms with Gasteiger partial charge in [-0.3, -0.25) is 0 Å². The molecule has 3 heteroatoms. The fraction of sp³-hybridized carbons (Fsp3) is 0.200. The summed E-state index contributed by atoms with van der Waals surface area (Å²) < 4.78 is 13.2. The van der Waals surface area contributed by atoms with Crippen LogP contribution in [0.5, 0.6) is 0 Å². The lowest BCUT2D eigenvalue weighted by atomic mass is 10.1. The van der Waals surface area contributed by atoms with Gasteiger partial charge in [0.1, 0.15) is 5.82 Å². The van der Waals surface area contributed by atoms with E-state index in [1.54, 1.807) is 12.1 Å². The summed E-state index contributed by atoms with van der Waals surface area (Å²) in [5, 5.41) is 3.16. The van der Waals surface area contributed by atoms with Crippen LogP contribution in [-0.2, 0) is 6.42 Å². The molecule has 0 unspecified atom stereocenters. The van der Waals surface area contributed by atoms with Crippen LogP contribution < -0.4 is 11.1 Å². The third-order valence-electron chi connectivity index (χ3n) is 2.86. The molecule has 0 aliphatic heterocycles. The standard InChI is InChI=1S/C15H17FN2/c1-11-4-2-5-12(10-11)8-9-18-14-7-3-6-13(16)15(14)17/h2-7,10,18H,8-9,17H2,1H3. The number of para-hydroxylation sites is 1. The summed E-state index contributed by atoms with van der Waals surface area (Å²) in [4.78, 5) is 0. The average molecular weight is 244 g/mol. The molecule has 94 valence electrons. The molecule has 0 fully saturated rings. The maximum absolute atomic E-state index is 13.2. The number of nitrogens with two attached hydrogens (primary N) is 1. The van der Waals surface area contributed by atoms with Crippen molar-refractivity contribution in [2.45, 2.75) is 13.3 Å². The topological polar surface area (TPSA) is 38.0 Å². The largest absolute Gasteiger partial charge is 0.395 e. The maximum atomic E-state index is 13.2. The molecule has 2 rings (SSSR count). The van der Waals surface area contributed by atoms with Crippen LogP contribution in [0, 0.1) is 12.7 Å². The van der Waals surface area contributed by atoms with Gasteiger partial charge < -0.3 is 11.1 Å². The number of nitrogen functional groups attached to an aromatic ring is 1. The first-order chi connectivity index (χ1) is 8.66. The Labute approximate surface area is 107 Å². The Morgan fingerprint density at radius 1 is 1.17 bits per heavy atom. The van der Waals surface area contributed by atoms with Gasteiger partial charge in [-0.05, 0) is 31.0 Å². The summed E-state index contributed by atoms with van der Waals surface area (Å²) in [7, 11) is 0. The smallest absolute Gasteiger partial charge is 0.148 e. The van der Waals surface area contributed by atoms with Crippen LogP contribution in [0.4, 0.5) is 15.8 Å². The van der Waals surface area contributed by atoms with Gasteiger partial charge in [-0.25, -0.2) is 4.39 Å². The van der Waals surface area contributed by atoms with Crippen LogP contribution in [-0.4, -0.2) is 6.54 Å². The maximum Gasteiger partial charge on any atom is 0.148 e. The minimum Gasteiger partial charge on any atom is -0.395 e. The Kier molecular flexibility index (Phi) is 3.82. The Balaban J connectivity index is 1.94. The van der Waals surface area contributed by atoms with E-state index in [1.807, 2.05) is 6.07 Å². The van der Waals surface area contributed by atoms with Crippen molar-refractivity contribution in [3.05, 3.63) is 59.4 Å². The molecule has 0 saturated carbocycles. The molecule has 0 saturated heterocycles. The third-order valence-corrected chi connectivity index (χ3v) is 2.86. The molecule has 0 aromatic heterocycles. The summed E-state index contributed by atoms with van der Waals surface area (Å²) >= 11 is 0. The molecule has 18 heavy (non-hydrogen) atoms. The van der Waals surface area contributed by atoms with Crippen LogP contribution >= 0.6 is 0 Å². The second-order valence-corrected chi connectivity index (χ2v) is 4.37. The minimum absolute atomic E-state index is 0.182. The van der Waals surface area contributed by atoms with E-state index in [9.17, 15) is 4.39 Å². The highest BCUT2D eigenvalue weighted by molar-refractivity contribution is 5.66.